The second-order valence-electron chi connectivity index (χ2n) is 5.15. The van der Waals surface area contributed by atoms with E-state index in [9.17, 15) is 0 Å². The SMILES string of the molecule is CC(C)NCC(Cc1ccoc1)c1cccc(Cl)c1. The molecule has 0 saturated heterocycles. The third-order valence-electron chi connectivity index (χ3n) is 3.15. The van der Waals surface area contributed by atoms with E-state index in [1.54, 1.807) is 6.26 Å². The highest BCUT2D eigenvalue weighted by molar-refractivity contribution is 6.30. The van der Waals surface area contributed by atoms with Gasteiger partial charge in [-0.25, -0.2) is 0 Å². The topological polar surface area (TPSA) is 25.2 Å². The largest absolute Gasteiger partial charge is 0.472 e. The van der Waals surface area contributed by atoms with Crippen LogP contribution in [0.3, 0.4) is 0 Å². The highest BCUT2D eigenvalue weighted by atomic mass is 35.5. The lowest BCUT2D eigenvalue weighted by atomic mass is 9.93. The van der Waals surface area contributed by atoms with Gasteiger partial charge in [0.2, 0.25) is 0 Å². The van der Waals surface area contributed by atoms with Gasteiger partial charge in [0, 0.05) is 23.5 Å². The first-order valence-electron chi connectivity index (χ1n) is 6.65. The smallest absolute Gasteiger partial charge is 0.0934 e. The predicted octanol–water partition coefficient (Wildman–Crippen LogP) is 4.26. The number of benzene rings is 1. The van der Waals surface area contributed by atoms with Crippen LogP contribution in [-0.4, -0.2) is 12.6 Å². The molecule has 0 amide bonds. The second kappa shape index (κ2) is 6.78. The number of halogens is 1. The molecule has 0 bridgehead atoms. The van der Waals surface area contributed by atoms with Crippen LogP contribution in [0.15, 0.2) is 47.3 Å². The zero-order chi connectivity index (χ0) is 13.7. The standard InChI is InChI=1S/C16H20ClNO/c1-12(2)18-10-15(8-13-6-7-19-11-13)14-4-3-5-16(17)9-14/h3-7,9,11-12,15,18H,8,10H2,1-2H3. The van der Waals surface area contributed by atoms with Gasteiger partial charge >= 0.3 is 0 Å². The summed E-state index contributed by atoms with van der Waals surface area (Å²) in [5.74, 6) is 0.402. The zero-order valence-corrected chi connectivity index (χ0v) is 12.2. The van der Waals surface area contributed by atoms with Gasteiger partial charge in [0.25, 0.3) is 0 Å². The lowest BCUT2D eigenvalue weighted by molar-refractivity contribution is 0.521. The fraction of sp³-hybridized carbons (Fsp3) is 0.375. The van der Waals surface area contributed by atoms with E-state index in [0.29, 0.717) is 12.0 Å². The zero-order valence-electron chi connectivity index (χ0n) is 11.4. The van der Waals surface area contributed by atoms with Crippen LogP contribution in [0.4, 0.5) is 0 Å². The van der Waals surface area contributed by atoms with Gasteiger partial charge in [-0.3, -0.25) is 0 Å². The summed E-state index contributed by atoms with van der Waals surface area (Å²) < 4.78 is 5.15. The molecule has 3 heteroatoms. The Morgan fingerprint density at radius 1 is 1.26 bits per heavy atom. The first-order valence-corrected chi connectivity index (χ1v) is 7.03. The van der Waals surface area contributed by atoms with E-state index >= 15 is 0 Å². The molecule has 0 fully saturated rings. The number of hydrogen-bond acceptors (Lipinski definition) is 2. The molecular weight excluding hydrogens is 258 g/mol. The van der Waals surface area contributed by atoms with Crippen LogP contribution in [0.5, 0.6) is 0 Å². The molecule has 1 aromatic carbocycles. The van der Waals surface area contributed by atoms with Crippen LogP contribution in [0, 0.1) is 0 Å². The van der Waals surface area contributed by atoms with Gasteiger partial charge < -0.3 is 9.73 Å². The highest BCUT2D eigenvalue weighted by Crippen LogP contribution is 2.23. The van der Waals surface area contributed by atoms with E-state index in [4.69, 9.17) is 16.0 Å². The molecule has 1 atom stereocenters. The molecule has 2 aromatic rings. The number of furan rings is 1. The molecule has 1 heterocycles. The molecule has 0 saturated carbocycles. The van der Waals surface area contributed by atoms with Crippen molar-refractivity contribution >= 4 is 11.6 Å². The summed E-state index contributed by atoms with van der Waals surface area (Å²) in [6, 6.07) is 10.6. The Balaban J connectivity index is 2.13. The van der Waals surface area contributed by atoms with Gasteiger partial charge in [-0.05, 0) is 35.7 Å². The maximum atomic E-state index is 6.09. The van der Waals surface area contributed by atoms with Crippen molar-refractivity contribution in [2.24, 2.45) is 0 Å². The van der Waals surface area contributed by atoms with E-state index in [2.05, 4.69) is 25.2 Å². The highest BCUT2D eigenvalue weighted by Gasteiger charge is 2.14. The number of rotatable bonds is 6. The minimum atomic E-state index is 0.402. The Morgan fingerprint density at radius 2 is 2.11 bits per heavy atom. The summed E-state index contributed by atoms with van der Waals surface area (Å²) in [7, 11) is 0. The first kappa shape index (κ1) is 14.2. The van der Waals surface area contributed by atoms with Crippen molar-refractivity contribution in [2.45, 2.75) is 32.2 Å². The normalized spacial score (nSPS) is 12.8. The summed E-state index contributed by atoms with van der Waals surface area (Å²) in [6.45, 7) is 5.25. The van der Waals surface area contributed by atoms with Crippen LogP contribution in [-0.2, 0) is 6.42 Å². The van der Waals surface area contributed by atoms with Crippen molar-refractivity contribution < 1.29 is 4.42 Å². The third kappa shape index (κ3) is 4.41. The minimum Gasteiger partial charge on any atom is -0.472 e. The van der Waals surface area contributed by atoms with Crippen molar-refractivity contribution in [1.29, 1.82) is 0 Å². The quantitative estimate of drug-likeness (QED) is 0.854. The summed E-state index contributed by atoms with van der Waals surface area (Å²) >= 11 is 6.09. The van der Waals surface area contributed by atoms with Crippen LogP contribution < -0.4 is 5.32 Å². The average Bonchev–Trinajstić information content (AvgIpc) is 2.87. The van der Waals surface area contributed by atoms with Crippen LogP contribution >= 0.6 is 11.6 Å². The van der Waals surface area contributed by atoms with E-state index in [-0.39, 0.29) is 0 Å². The fourth-order valence-electron chi connectivity index (χ4n) is 2.14. The molecule has 19 heavy (non-hydrogen) atoms. The van der Waals surface area contributed by atoms with Gasteiger partial charge in [-0.2, -0.15) is 0 Å². The molecule has 0 spiro atoms. The Bertz CT molecular complexity index is 493. The maximum absolute atomic E-state index is 6.09. The number of hydrogen-bond donors (Lipinski definition) is 1. The maximum Gasteiger partial charge on any atom is 0.0934 e. The molecule has 2 nitrogen and oxygen atoms in total. The van der Waals surface area contributed by atoms with E-state index in [1.807, 2.05) is 30.5 Å². The molecular formula is C16H20ClNO. The van der Waals surface area contributed by atoms with Crippen LogP contribution in [0.25, 0.3) is 0 Å². The van der Waals surface area contributed by atoms with Gasteiger partial charge in [0.05, 0.1) is 12.5 Å². The average molecular weight is 278 g/mol. The van der Waals surface area contributed by atoms with Gasteiger partial charge in [-0.15, -0.1) is 0 Å². The van der Waals surface area contributed by atoms with Gasteiger partial charge in [0.15, 0.2) is 0 Å². The Hall–Kier alpha value is -1.25. The molecule has 0 aliphatic carbocycles. The van der Waals surface area contributed by atoms with Crippen molar-refractivity contribution in [3.8, 4) is 0 Å². The monoisotopic (exact) mass is 277 g/mol. The molecule has 0 aliphatic heterocycles. The van der Waals surface area contributed by atoms with E-state index in [1.165, 1.54) is 11.1 Å². The second-order valence-corrected chi connectivity index (χ2v) is 5.59. The van der Waals surface area contributed by atoms with Crippen LogP contribution in [0.1, 0.15) is 30.9 Å². The Morgan fingerprint density at radius 3 is 2.74 bits per heavy atom. The lowest BCUT2D eigenvalue weighted by Crippen LogP contribution is -2.28. The molecule has 1 aromatic heterocycles. The summed E-state index contributed by atoms with van der Waals surface area (Å²) in [5.41, 5.74) is 2.48. The predicted molar refractivity (Wildman–Crippen MR) is 79.7 cm³/mol. The van der Waals surface area contributed by atoms with Crippen molar-refractivity contribution in [1.82, 2.24) is 5.32 Å². The van der Waals surface area contributed by atoms with Gasteiger partial charge in [0.1, 0.15) is 0 Å². The summed E-state index contributed by atoms with van der Waals surface area (Å²) in [4.78, 5) is 0. The van der Waals surface area contributed by atoms with Gasteiger partial charge in [-0.1, -0.05) is 37.6 Å². The molecule has 2 rings (SSSR count). The van der Waals surface area contributed by atoms with Crippen molar-refractivity contribution in [3.05, 3.63) is 59.0 Å². The molecule has 102 valence electrons. The van der Waals surface area contributed by atoms with E-state index in [0.717, 1.165) is 18.0 Å². The van der Waals surface area contributed by atoms with E-state index < -0.39 is 0 Å². The molecule has 1 N–H and O–H groups in total. The molecule has 0 radical (unpaired) electrons. The Labute approximate surface area is 119 Å². The summed E-state index contributed by atoms with van der Waals surface area (Å²) in [6.07, 6.45) is 4.49. The molecule has 0 aliphatic rings. The molecule has 1 unspecified atom stereocenters. The summed E-state index contributed by atoms with van der Waals surface area (Å²) in [5, 5.41) is 4.29. The number of nitrogens with one attached hydrogen (secondary N) is 1. The van der Waals surface area contributed by atoms with Crippen LogP contribution in [0.2, 0.25) is 5.02 Å². The minimum absolute atomic E-state index is 0.402. The fourth-order valence-corrected chi connectivity index (χ4v) is 2.34. The van der Waals surface area contributed by atoms with Crippen molar-refractivity contribution in [2.75, 3.05) is 6.54 Å². The van der Waals surface area contributed by atoms with Crippen molar-refractivity contribution in [3.63, 3.8) is 0 Å². The Kier molecular flexibility index (Phi) is 5.06. The first-order chi connectivity index (χ1) is 9.15. The third-order valence-corrected chi connectivity index (χ3v) is 3.39. The lowest BCUT2D eigenvalue weighted by Gasteiger charge is -2.19.